The van der Waals surface area contributed by atoms with Gasteiger partial charge in [-0.3, -0.25) is 4.79 Å². The predicted octanol–water partition coefficient (Wildman–Crippen LogP) is 1.68. The predicted molar refractivity (Wildman–Crippen MR) is 47.8 cm³/mol. The van der Waals surface area contributed by atoms with Gasteiger partial charge in [-0.2, -0.15) is 0 Å². The highest BCUT2D eigenvalue weighted by Gasteiger charge is 2.21. The van der Waals surface area contributed by atoms with E-state index in [0.717, 1.165) is 25.7 Å². The molecule has 1 N–H and O–H groups in total. The maximum Gasteiger partial charge on any atom is 0.152 e. The third-order valence-electron chi connectivity index (χ3n) is 2.34. The third-order valence-corrected chi connectivity index (χ3v) is 2.34. The van der Waals surface area contributed by atoms with Crippen LogP contribution in [-0.4, -0.2) is 17.0 Å². The minimum absolute atomic E-state index is 0.0965. The Balaban J connectivity index is 2.20. The van der Waals surface area contributed by atoms with Crippen LogP contribution in [0.5, 0.6) is 0 Å². The first-order valence-electron chi connectivity index (χ1n) is 4.53. The molecule has 2 nitrogen and oxygen atoms in total. The summed E-state index contributed by atoms with van der Waals surface area (Å²) in [5.41, 5.74) is 0. The second-order valence-corrected chi connectivity index (χ2v) is 3.58. The van der Waals surface area contributed by atoms with Gasteiger partial charge < -0.3 is 5.11 Å². The van der Waals surface area contributed by atoms with E-state index in [1.54, 1.807) is 13.0 Å². The topological polar surface area (TPSA) is 37.3 Å². The van der Waals surface area contributed by atoms with Crippen LogP contribution in [0.2, 0.25) is 0 Å². The van der Waals surface area contributed by atoms with E-state index in [2.05, 4.69) is 0 Å². The Morgan fingerprint density at radius 2 is 2.33 bits per heavy atom. The lowest BCUT2D eigenvalue weighted by Crippen LogP contribution is -1.99. The molecular formula is C10H16O2. The van der Waals surface area contributed by atoms with Crippen LogP contribution < -0.4 is 0 Å². The number of rotatable bonds is 3. The lowest BCUT2D eigenvalue weighted by atomic mass is 10.0. The van der Waals surface area contributed by atoms with Gasteiger partial charge in [0.25, 0.3) is 0 Å². The Labute approximate surface area is 73.3 Å². The molecule has 0 heterocycles. The molecule has 0 radical (unpaired) electrons. The van der Waals surface area contributed by atoms with Gasteiger partial charge in [0.2, 0.25) is 0 Å². The Kier molecular flexibility index (Phi) is 3.48. The largest absolute Gasteiger partial charge is 0.393 e. The van der Waals surface area contributed by atoms with Crippen molar-refractivity contribution < 1.29 is 9.90 Å². The first-order valence-corrected chi connectivity index (χ1v) is 4.53. The number of hydrogen-bond acceptors (Lipinski definition) is 2. The van der Waals surface area contributed by atoms with Crippen molar-refractivity contribution in [2.75, 3.05) is 0 Å². The van der Waals surface area contributed by atoms with Gasteiger partial charge in [-0.05, 0) is 44.6 Å². The first-order chi connectivity index (χ1) is 5.68. The normalized spacial score (nSPS) is 29.8. The van der Waals surface area contributed by atoms with Crippen molar-refractivity contribution in [1.29, 1.82) is 0 Å². The fourth-order valence-corrected chi connectivity index (χ4v) is 1.69. The summed E-state index contributed by atoms with van der Waals surface area (Å²) in [6.07, 6.45) is 7.32. The van der Waals surface area contributed by atoms with Gasteiger partial charge in [0, 0.05) is 0 Å². The van der Waals surface area contributed by atoms with Crippen LogP contribution in [0.3, 0.4) is 0 Å². The maximum absolute atomic E-state index is 10.5. The van der Waals surface area contributed by atoms with Crippen molar-refractivity contribution in [1.82, 2.24) is 0 Å². The zero-order valence-electron chi connectivity index (χ0n) is 7.49. The van der Waals surface area contributed by atoms with Crippen LogP contribution in [0.4, 0.5) is 0 Å². The molecule has 2 unspecified atom stereocenters. The number of hydrogen-bond donors (Lipinski definition) is 1. The highest BCUT2D eigenvalue weighted by atomic mass is 16.3. The molecule has 2 atom stereocenters. The number of aliphatic hydroxyl groups excluding tert-OH is 1. The average molecular weight is 168 g/mol. The van der Waals surface area contributed by atoms with E-state index in [1.165, 1.54) is 0 Å². The number of ketones is 1. The van der Waals surface area contributed by atoms with E-state index in [4.69, 9.17) is 0 Å². The van der Waals surface area contributed by atoms with Crippen LogP contribution >= 0.6 is 0 Å². The van der Waals surface area contributed by atoms with E-state index < -0.39 is 0 Å². The van der Waals surface area contributed by atoms with Crippen LogP contribution in [0.1, 0.15) is 32.6 Å². The minimum atomic E-state index is -0.0965. The summed E-state index contributed by atoms with van der Waals surface area (Å²) in [5, 5.41) is 9.22. The third kappa shape index (κ3) is 3.18. The molecule has 0 aromatic rings. The number of aliphatic hydroxyl groups is 1. The summed E-state index contributed by atoms with van der Waals surface area (Å²) < 4.78 is 0. The Morgan fingerprint density at radius 3 is 2.83 bits per heavy atom. The van der Waals surface area contributed by atoms with Gasteiger partial charge in [-0.15, -0.1) is 0 Å². The van der Waals surface area contributed by atoms with Gasteiger partial charge in [-0.1, -0.05) is 6.08 Å². The number of carbonyl (C=O) groups excluding carboxylic acids is 1. The zero-order chi connectivity index (χ0) is 8.97. The molecule has 0 saturated heterocycles. The van der Waals surface area contributed by atoms with Crippen LogP contribution in [0.25, 0.3) is 0 Å². The fourth-order valence-electron chi connectivity index (χ4n) is 1.69. The van der Waals surface area contributed by atoms with E-state index in [1.807, 2.05) is 6.08 Å². The molecule has 0 bridgehead atoms. The van der Waals surface area contributed by atoms with Gasteiger partial charge in [0.05, 0.1) is 6.10 Å². The highest BCUT2D eigenvalue weighted by molar-refractivity contribution is 5.87. The summed E-state index contributed by atoms with van der Waals surface area (Å²) in [7, 11) is 0. The molecule has 0 aromatic heterocycles. The summed E-state index contributed by atoms with van der Waals surface area (Å²) >= 11 is 0. The Bertz CT molecular complexity index is 184. The Morgan fingerprint density at radius 1 is 1.58 bits per heavy atom. The van der Waals surface area contributed by atoms with Crippen LogP contribution in [0, 0.1) is 5.92 Å². The average Bonchev–Trinajstić information content (AvgIpc) is 2.35. The van der Waals surface area contributed by atoms with Gasteiger partial charge in [0.15, 0.2) is 5.78 Å². The molecule has 0 amide bonds. The van der Waals surface area contributed by atoms with Crippen LogP contribution in [0.15, 0.2) is 12.2 Å². The van der Waals surface area contributed by atoms with Crippen molar-refractivity contribution in [3.8, 4) is 0 Å². The summed E-state index contributed by atoms with van der Waals surface area (Å²) in [5.74, 6) is 0.698. The van der Waals surface area contributed by atoms with E-state index in [0.29, 0.717) is 5.92 Å². The van der Waals surface area contributed by atoms with Gasteiger partial charge >= 0.3 is 0 Å². The fraction of sp³-hybridized carbons (Fsp3) is 0.700. The zero-order valence-corrected chi connectivity index (χ0v) is 7.49. The highest BCUT2D eigenvalue weighted by Crippen LogP contribution is 2.28. The molecule has 12 heavy (non-hydrogen) atoms. The van der Waals surface area contributed by atoms with Crippen molar-refractivity contribution in [2.45, 2.75) is 38.7 Å². The summed E-state index contributed by atoms with van der Waals surface area (Å²) in [4.78, 5) is 10.5. The molecule has 1 rings (SSSR count). The second kappa shape index (κ2) is 4.41. The molecule has 2 heteroatoms. The molecule has 1 saturated carbocycles. The quantitative estimate of drug-likeness (QED) is 0.651. The first kappa shape index (κ1) is 9.46. The number of allylic oxidation sites excluding steroid dienone is 2. The second-order valence-electron chi connectivity index (χ2n) is 3.58. The molecule has 0 aliphatic heterocycles. The molecule has 1 aliphatic carbocycles. The lowest BCUT2D eigenvalue weighted by molar-refractivity contribution is -0.112. The molecule has 1 fully saturated rings. The van der Waals surface area contributed by atoms with Crippen molar-refractivity contribution in [3.63, 3.8) is 0 Å². The Hall–Kier alpha value is -0.630. The monoisotopic (exact) mass is 168 g/mol. The van der Waals surface area contributed by atoms with E-state index >= 15 is 0 Å². The maximum atomic E-state index is 10.5. The van der Waals surface area contributed by atoms with E-state index in [9.17, 15) is 9.90 Å². The molecular weight excluding hydrogens is 152 g/mol. The summed E-state index contributed by atoms with van der Waals surface area (Å²) in [6, 6.07) is 0. The molecule has 0 spiro atoms. The van der Waals surface area contributed by atoms with Crippen molar-refractivity contribution in [3.05, 3.63) is 12.2 Å². The van der Waals surface area contributed by atoms with Gasteiger partial charge in [-0.25, -0.2) is 0 Å². The number of carbonyl (C=O) groups is 1. The van der Waals surface area contributed by atoms with E-state index in [-0.39, 0.29) is 11.9 Å². The van der Waals surface area contributed by atoms with Gasteiger partial charge in [0.1, 0.15) is 0 Å². The smallest absolute Gasteiger partial charge is 0.152 e. The standard InChI is InChI=1S/C10H16O2/c1-8(11)3-2-4-9-5-6-10(12)7-9/h2-3,9-10,12H,4-7H2,1H3/b3-2+. The lowest BCUT2D eigenvalue weighted by Gasteiger charge is -2.03. The molecule has 68 valence electrons. The molecule has 0 aromatic carbocycles. The summed E-state index contributed by atoms with van der Waals surface area (Å²) in [6.45, 7) is 1.56. The van der Waals surface area contributed by atoms with Crippen molar-refractivity contribution in [2.24, 2.45) is 5.92 Å². The van der Waals surface area contributed by atoms with Crippen LogP contribution in [-0.2, 0) is 4.79 Å². The van der Waals surface area contributed by atoms with Crippen molar-refractivity contribution >= 4 is 5.78 Å². The minimum Gasteiger partial charge on any atom is -0.393 e. The SMILES string of the molecule is CC(=O)/C=C/CC1CCC(O)C1. The molecule has 1 aliphatic rings.